The van der Waals surface area contributed by atoms with Gasteiger partial charge >= 0.3 is 5.97 Å². The number of hydrogen-bond acceptors (Lipinski definition) is 4. The van der Waals surface area contributed by atoms with Crippen LogP contribution in [0.15, 0.2) is 0 Å². The van der Waals surface area contributed by atoms with Crippen molar-refractivity contribution in [3.63, 3.8) is 0 Å². The van der Waals surface area contributed by atoms with Crippen molar-refractivity contribution in [3.05, 3.63) is 0 Å². The molecule has 0 amide bonds. The highest BCUT2D eigenvalue weighted by Gasteiger charge is 2.24. The quantitative estimate of drug-likeness (QED) is 0.280. The Hall–Kier alpha value is -0.610. The molecule has 25 heavy (non-hydrogen) atoms. The minimum atomic E-state index is -0.917. The van der Waals surface area contributed by atoms with Crippen molar-refractivity contribution in [2.75, 3.05) is 0 Å². The lowest BCUT2D eigenvalue weighted by molar-refractivity contribution is -0.151. The lowest BCUT2D eigenvalue weighted by Crippen LogP contribution is -2.43. The van der Waals surface area contributed by atoms with Gasteiger partial charge in [0.25, 0.3) is 0 Å². The minimum absolute atomic E-state index is 0.193. The highest BCUT2D eigenvalue weighted by Crippen LogP contribution is 2.14. The van der Waals surface area contributed by atoms with Gasteiger partial charge < -0.3 is 15.6 Å². The molecule has 0 heterocycles. The van der Waals surface area contributed by atoms with Gasteiger partial charge in [-0.05, 0) is 20.3 Å². The standard InChI is InChI=1S/C21H43NO3/c1-4-5-6-7-8-9-10-11-12-13-14-15-16-17-19(23)20(22)21(24)25-18(2)3/h18-20,23H,4-17,22H2,1-3H3. The summed E-state index contributed by atoms with van der Waals surface area (Å²) < 4.78 is 5.03. The molecule has 0 aliphatic rings. The normalized spacial score (nSPS) is 13.8. The van der Waals surface area contributed by atoms with Gasteiger partial charge in [-0.2, -0.15) is 0 Å². The van der Waals surface area contributed by atoms with E-state index < -0.39 is 18.1 Å². The second-order valence-electron chi connectivity index (χ2n) is 7.61. The number of hydrogen-bond donors (Lipinski definition) is 2. The molecule has 4 nitrogen and oxygen atoms in total. The number of aliphatic hydroxyl groups excluding tert-OH is 1. The number of unbranched alkanes of at least 4 members (excludes halogenated alkanes) is 12. The second kappa shape index (κ2) is 16.8. The molecule has 0 fully saturated rings. The Morgan fingerprint density at radius 1 is 0.840 bits per heavy atom. The molecule has 0 spiro atoms. The highest BCUT2D eigenvalue weighted by atomic mass is 16.5. The lowest BCUT2D eigenvalue weighted by Gasteiger charge is -2.18. The van der Waals surface area contributed by atoms with E-state index in [0.717, 1.165) is 12.8 Å². The maximum absolute atomic E-state index is 11.6. The smallest absolute Gasteiger partial charge is 0.325 e. The summed E-state index contributed by atoms with van der Waals surface area (Å²) in [7, 11) is 0. The summed E-state index contributed by atoms with van der Waals surface area (Å²) in [5, 5.41) is 9.95. The molecule has 0 bridgehead atoms. The first kappa shape index (κ1) is 24.4. The second-order valence-corrected chi connectivity index (χ2v) is 7.61. The molecule has 0 radical (unpaired) electrons. The van der Waals surface area contributed by atoms with Crippen LogP contribution in [0.2, 0.25) is 0 Å². The van der Waals surface area contributed by atoms with Gasteiger partial charge in [0.1, 0.15) is 6.04 Å². The molecule has 0 rings (SSSR count). The Morgan fingerprint density at radius 2 is 1.24 bits per heavy atom. The number of ether oxygens (including phenoxy) is 1. The number of nitrogens with two attached hydrogens (primary N) is 1. The van der Waals surface area contributed by atoms with E-state index in [2.05, 4.69) is 6.92 Å². The summed E-state index contributed by atoms with van der Waals surface area (Å²) in [5.41, 5.74) is 5.73. The van der Waals surface area contributed by atoms with Gasteiger partial charge in [0.05, 0.1) is 12.2 Å². The van der Waals surface area contributed by atoms with Crippen molar-refractivity contribution in [2.24, 2.45) is 5.73 Å². The van der Waals surface area contributed by atoms with E-state index >= 15 is 0 Å². The van der Waals surface area contributed by atoms with Crippen LogP contribution >= 0.6 is 0 Å². The largest absolute Gasteiger partial charge is 0.462 e. The molecule has 2 unspecified atom stereocenters. The molecule has 0 aromatic carbocycles. The average molecular weight is 358 g/mol. The molecule has 2 atom stereocenters. The van der Waals surface area contributed by atoms with Crippen LogP contribution in [0.1, 0.15) is 111 Å². The molecule has 0 aliphatic heterocycles. The predicted octanol–water partition coefficient (Wildman–Crippen LogP) is 5.11. The minimum Gasteiger partial charge on any atom is -0.462 e. The number of aliphatic hydroxyl groups is 1. The Balaban J connectivity index is 3.39. The Morgan fingerprint density at radius 3 is 1.64 bits per heavy atom. The summed E-state index contributed by atoms with van der Waals surface area (Å²) in [6, 6.07) is -0.917. The fourth-order valence-corrected chi connectivity index (χ4v) is 3.02. The summed E-state index contributed by atoms with van der Waals surface area (Å²) >= 11 is 0. The third kappa shape index (κ3) is 15.4. The van der Waals surface area contributed by atoms with Gasteiger partial charge in [0.2, 0.25) is 0 Å². The molecule has 0 saturated carbocycles. The maximum Gasteiger partial charge on any atom is 0.325 e. The number of esters is 1. The van der Waals surface area contributed by atoms with Gasteiger partial charge in [-0.15, -0.1) is 0 Å². The zero-order valence-electron chi connectivity index (χ0n) is 17.0. The van der Waals surface area contributed by atoms with Crippen molar-refractivity contribution < 1.29 is 14.6 Å². The Bertz CT molecular complexity index is 308. The van der Waals surface area contributed by atoms with Crippen LogP contribution in [0.4, 0.5) is 0 Å². The van der Waals surface area contributed by atoms with E-state index in [1.54, 1.807) is 13.8 Å². The molecule has 0 saturated heterocycles. The average Bonchev–Trinajstić information content (AvgIpc) is 2.57. The first-order chi connectivity index (χ1) is 12.0. The van der Waals surface area contributed by atoms with Crippen LogP contribution in [-0.4, -0.2) is 29.3 Å². The van der Waals surface area contributed by atoms with Gasteiger partial charge in [-0.3, -0.25) is 4.79 Å². The van der Waals surface area contributed by atoms with E-state index in [4.69, 9.17) is 10.5 Å². The maximum atomic E-state index is 11.6. The SMILES string of the molecule is CCCCCCCCCCCCCCCC(O)C(N)C(=O)OC(C)C. The fourth-order valence-electron chi connectivity index (χ4n) is 3.02. The van der Waals surface area contributed by atoms with Crippen LogP contribution in [0.3, 0.4) is 0 Å². The fraction of sp³-hybridized carbons (Fsp3) is 0.952. The summed E-state index contributed by atoms with van der Waals surface area (Å²) in [6.45, 7) is 5.82. The predicted molar refractivity (Wildman–Crippen MR) is 106 cm³/mol. The molecule has 150 valence electrons. The van der Waals surface area contributed by atoms with Crippen LogP contribution in [0.25, 0.3) is 0 Å². The zero-order valence-corrected chi connectivity index (χ0v) is 17.0. The van der Waals surface area contributed by atoms with Gasteiger partial charge in [-0.25, -0.2) is 0 Å². The third-order valence-corrected chi connectivity index (χ3v) is 4.64. The van der Waals surface area contributed by atoms with Crippen LogP contribution < -0.4 is 5.73 Å². The van der Waals surface area contributed by atoms with Crippen LogP contribution in [-0.2, 0) is 9.53 Å². The van der Waals surface area contributed by atoms with Crippen molar-refractivity contribution >= 4 is 5.97 Å². The molecule has 4 heteroatoms. The van der Waals surface area contributed by atoms with Crippen molar-refractivity contribution in [1.82, 2.24) is 0 Å². The first-order valence-corrected chi connectivity index (χ1v) is 10.6. The van der Waals surface area contributed by atoms with Crippen molar-refractivity contribution in [1.29, 1.82) is 0 Å². The summed E-state index contributed by atoms with van der Waals surface area (Å²) in [5.74, 6) is -0.503. The monoisotopic (exact) mass is 357 g/mol. The van der Waals surface area contributed by atoms with Crippen molar-refractivity contribution in [3.8, 4) is 0 Å². The van der Waals surface area contributed by atoms with Crippen LogP contribution in [0, 0.1) is 0 Å². The van der Waals surface area contributed by atoms with Crippen LogP contribution in [0.5, 0.6) is 0 Å². The summed E-state index contributed by atoms with van der Waals surface area (Å²) in [6.07, 6.45) is 16.4. The van der Waals surface area contributed by atoms with E-state index in [9.17, 15) is 9.90 Å². The van der Waals surface area contributed by atoms with E-state index in [0.29, 0.717) is 6.42 Å². The van der Waals surface area contributed by atoms with Crippen molar-refractivity contribution in [2.45, 2.75) is 129 Å². The lowest BCUT2D eigenvalue weighted by atomic mass is 10.0. The summed E-state index contributed by atoms with van der Waals surface area (Å²) in [4.78, 5) is 11.6. The number of carbonyl (C=O) groups is 1. The van der Waals surface area contributed by atoms with Gasteiger partial charge in [0, 0.05) is 0 Å². The Kier molecular flexibility index (Phi) is 16.4. The van der Waals surface area contributed by atoms with E-state index in [1.165, 1.54) is 70.6 Å². The molecule has 0 aromatic rings. The van der Waals surface area contributed by atoms with Gasteiger partial charge in [-0.1, -0.05) is 90.4 Å². The highest BCUT2D eigenvalue weighted by molar-refractivity contribution is 5.76. The third-order valence-electron chi connectivity index (χ3n) is 4.64. The topological polar surface area (TPSA) is 72.5 Å². The zero-order chi connectivity index (χ0) is 18.9. The molecular weight excluding hydrogens is 314 g/mol. The first-order valence-electron chi connectivity index (χ1n) is 10.6. The molecule has 3 N–H and O–H groups in total. The van der Waals surface area contributed by atoms with E-state index in [-0.39, 0.29) is 6.10 Å². The van der Waals surface area contributed by atoms with E-state index in [1.807, 2.05) is 0 Å². The van der Waals surface area contributed by atoms with Gasteiger partial charge in [0.15, 0.2) is 0 Å². The number of carbonyl (C=O) groups excluding carboxylic acids is 1. The Labute approximate surface area is 155 Å². The number of rotatable bonds is 17. The molecular formula is C21H43NO3. The molecule has 0 aromatic heterocycles. The molecule has 0 aliphatic carbocycles.